The van der Waals surface area contributed by atoms with Crippen LogP contribution in [0.4, 0.5) is 13.2 Å². The molecule has 216 valence electrons. The van der Waals surface area contributed by atoms with E-state index in [1.54, 1.807) is 13.8 Å². The highest BCUT2D eigenvalue weighted by Crippen LogP contribution is 2.32. The van der Waals surface area contributed by atoms with Crippen LogP contribution < -0.4 is 5.32 Å². The maximum Gasteiger partial charge on any atom is 0.389 e. The van der Waals surface area contributed by atoms with Crippen molar-refractivity contribution in [2.75, 3.05) is 13.1 Å². The molecule has 0 aliphatic carbocycles. The van der Waals surface area contributed by atoms with E-state index in [1.807, 2.05) is 0 Å². The molecule has 1 aromatic carbocycles. The van der Waals surface area contributed by atoms with E-state index in [1.165, 1.54) is 22.5 Å². The second-order valence-electron chi connectivity index (χ2n) is 10.4. The third-order valence-electron chi connectivity index (χ3n) is 7.31. The highest BCUT2D eigenvalue weighted by molar-refractivity contribution is 7.92. The molecule has 1 spiro atoms. The first-order valence-corrected chi connectivity index (χ1v) is 14.7. The molecule has 0 aromatic heterocycles. The molecule has 12 heteroatoms. The number of carboxylic acids is 1. The number of halogens is 3. The monoisotopic (exact) mass is 571 g/mol. The first-order chi connectivity index (χ1) is 18.2. The largest absolute Gasteiger partial charge is 0.478 e. The van der Waals surface area contributed by atoms with Crippen molar-refractivity contribution in [2.45, 2.75) is 89.8 Å². The fourth-order valence-corrected chi connectivity index (χ4v) is 6.25. The van der Waals surface area contributed by atoms with Crippen LogP contribution in [0.15, 0.2) is 22.5 Å². The number of amidine groups is 1. The molecule has 0 saturated carbocycles. The minimum Gasteiger partial charge on any atom is -0.478 e. The van der Waals surface area contributed by atoms with Gasteiger partial charge < -0.3 is 10.4 Å². The van der Waals surface area contributed by atoms with Gasteiger partial charge in [-0.25, -0.2) is 13.2 Å². The number of rotatable bonds is 12. The zero-order valence-corrected chi connectivity index (χ0v) is 23.1. The second-order valence-corrected chi connectivity index (χ2v) is 12.2. The minimum absolute atomic E-state index is 0.140. The van der Waals surface area contributed by atoms with Gasteiger partial charge in [-0.15, -0.1) is 0 Å². The van der Waals surface area contributed by atoms with Gasteiger partial charge in [0.2, 0.25) is 10.0 Å². The molecular formula is C27H36F3N3O5S. The number of sulfonamides is 1. The van der Waals surface area contributed by atoms with Crippen LogP contribution >= 0.6 is 0 Å². The summed E-state index contributed by atoms with van der Waals surface area (Å²) in [6, 6.07) is 3.00. The predicted molar refractivity (Wildman–Crippen MR) is 143 cm³/mol. The Hall–Kier alpha value is -2.73. The zero-order valence-electron chi connectivity index (χ0n) is 22.3. The van der Waals surface area contributed by atoms with Crippen molar-refractivity contribution < 1.29 is 36.3 Å². The number of hydrogen-bond acceptors (Lipinski definition) is 5. The number of carbonyl (C=O) groups is 2. The quantitative estimate of drug-likeness (QED) is 0.328. The van der Waals surface area contributed by atoms with E-state index in [0.717, 1.165) is 31.1 Å². The van der Waals surface area contributed by atoms with Crippen LogP contribution in [0.5, 0.6) is 0 Å². The van der Waals surface area contributed by atoms with Gasteiger partial charge in [0.25, 0.3) is 5.91 Å². The molecule has 2 aliphatic rings. The van der Waals surface area contributed by atoms with E-state index in [2.05, 4.69) is 10.3 Å². The topological polar surface area (TPSA) is 116 Å². The van der Waals surface area contributed by atoms with E-state index >= 15 is 0 Å². The lowest BCUT2D eigenvalue weighted by molar-refractivity contribution is -0.135. The summed E-state index contributed by atoms with van der Waals surface area (Å²) in [6.45, 7) is 3.74. The molecule has 0 unspecified atom stereocenters. The fourth-order valence-electron chi connectivity index (χ4n) is 5.08. The van der Waals surface area contributed by atoms with Crippen molar-refractivity contribution in [2.24, 2.45) is 4.99 Å². The molecule has 0 bridgehead atoms. The molecule has 1 amide bonds. The van der Waals surface area contributed by atoms with Crippen molar-refractivity contribution in [3.63, 3.8) is 0 Å². The average Bonchev–Trinajstić information content (AvgIpc) is 3.13. The molecule has 0 radical (unpaired) electrons. The van der Waals surface area contributed by atoms with Crippen LogP contribution in [0.3, 0.4) is 0 Å². The number of benzene rings is 1. The minimum atomic E-state index is -4.10. The van der Waals surface area contributed by atoms with Crippen molar-refractivity contribution >= 4 is 33.8 Å². The molecule has 2 aliphatic heterocycles. The lowest BCUT2D eigenvalue weighted by Crippen LogP contribution is -2.50. The van der Waals surface area contributed by atoms with E-state index in [0.29, 0.717) is 35.4 Å². The Morgan fingerprint density at radius 2 is 1.64 bits per heavy atom. The van der Waals surface area contributed by atoms with E-state index in [9.17, 15) is 36.3 Å². The van der Waals surface area contributed by atoms with Gasteiger partial charge in [0, 0.05) is 31.3 Å². The Labute approximate surface area is 227 Å². The molecule has 1 aromatic rings. The Balaban J connectivity index is 1.49. The van der Waals surface area contributed by atoms with Crippen molar-refractivity contribution in [1.82, 2.24) is 9.62 Å². The summed E-state index contributed by atoms with van der Waals surface area (Å²) in [6.07, 6.45) is 1.61. The lowest BCUT2D eigenvalue weighted by atomic mass is 9.89. The molecule has 1 saturated heterocycles. The van der Waals surface area contributed by atoms with E-state index in [4.69, 9.17) is 0 Å². The van der Waals surface area contributed by atoms with Crippen molar-refractivity contribution in [1.29, 1.82) is 0 Å². The Morgan fingerprint density at radius 3 is 2.21 bits per heavy atom. The summed E-state index contributed by atoms with van der Waals surface area (Å²) in [5.41, 5.74) is 1.12. The van der Waals surface area contributed by atoms with E-state index < -0.39 is 34.1 Å². The van der Waals surface area contributed by atoms with Gasteiger partial charge in [-0.05, 0) is 74.4 Å². The highest BCUT2D eigenvalue weighted by atomic mass is 32.2. The van der Waals surface area contributed by atoms with Crippen molar-refractivity contribution in [3.8, 4) is 0 Å². The average molecular weight is 572 g/mol. The first-order valence-electron chi connectivity index (χ1n) is 13.2. The van der Waals surface area contributed by atoms with Crippen molar-refractivity contribution in [3.05, 3.63) is 39.8 Å². The number of piperidine rings is 1. The summed E-state index contributed by atoms with van der Waals surface area (Å²) in [5.74, 6) is -0.683. The maximum absolute atomic E-state index is 13.0. The molecule has 8 nitrogen and oxygen atoms in total. The van der Waals surface area contributed by atoms with Gasteiger partial charge >= 0.3 is 12.1 Å². The SMILES string of the molecule is Cc1cc(C(=O)O)cc(C)c1/C=C/S(=O)(=O)N1CCC2(CC1)N=C(CCCCCCCCC(F)(F)F)NC2=O. The van der Waals surface area contributed by atoms with Crippen LogP contribution in [-0.4, -0.2) is 60.3 Å². The Bertz CT molecular complexity index is 1210. The molecule has 2 heterocycles. The van der Waals surface area contributed by atoms with Gasteiger partial charge in [-0.2, -0.15) is 17.5 Å². The van der Waals surface area contributed by atoms with E-state index in [-0.39, 0.29) is 43.8 Å². The number of carboxylic acid groups (broad SMARTS) is 1. The van der Waals surface area contributed by atoms with Crippen LogP contribution in [0.2, 0.25) is 0 Å². The van der Waals surface area contributed by atoms with Crippen LogP contribution in [0, 0.1) is 13.8 Å². The summed E-state index contributed by atoms with van der Waals surface area (Å²) in [5, 5.41) is 13.1. The summed E-state index contributed by atoms with van der Waals surface area (Å²) < 4.78 is 63.8. The van der Waals surface area contributed by atoms with Gasteiger partial charge in [-0.3, -0.25) is 9.79 Å². The number of hydrogen-bond donors (Lipinski definition) is 2. The lowest BCUT2D eigenvalue weighted by Gasteiger charge is -2.34. The Morgan fingerprint density at radius 1 is 1.08 bits per heavy atom. The molecule has 0 atom stereocenters. The predicted octanol–water partition coefficient (Wildman–Crippen LogP) is 5.35. The number of aromatic carboxylic acids is 1. The van der Waals surface area contributed by atoms with Gasteiger partial charge in [0.15, 0.2) is 0 Å². The fraction of sp³-hybridized carbons (Fsp3) is 0.593. The number of aliphatic imine (C=N–C) groups is 1. The normalized spacial score (nSPS) is 18.1. The van der Waals surface area contributed by atoms with Crippen LogP contribution in [0.25, 0.3) is 6.08 Å². The molecule has 1 fully saturated rings. The first kappa shape index (κ1) is 30.8. The van der Waals surface area contributed by atoms with Gasteiger partial charge in [-0.1, -0.05) is 25.7 Å². The Kier molecular flexibility index (Phi) is 9.98. The summed E-state index contributed by atoms with van der Waals surface area (Å²) >= 11 is 0. The number of amides is 1. The van der Waals surface area contributed by atoms with Gasteiger partial charge in [0.1, 0.15) is 11.4 Å². The third-order valence-corrected chi connectivity index (χ3v) is 8.88. The van der Waals surface area contributed by atoms with Crippen LogP contribution in [0.1, 0.15) is 91.3 Å². The second kappa shape index (κ2) is 12.6. The number of nitrogens with one attached hydrogen (secondary N) is 1. The van der Waals surface area contributed by atoms with Gasteiger partial charge in [0.05, 0.1) is 5.56 Å². The molecule has 39 heavy (non-hydrogen) atoms. The molecule has 2 N–H and O–H groups in total. The van der Waals surface area contributed by atoms with Crippen LogP contribution in [-0.2, 0) is 14.8 Å². The number of unbranched alkanes of at least 4 members (excludes halogenated alkanes) is 5. The number of aryl methyl sites for hydroxylation is 2. The maximum atomic E-state index is 13.0. The third kappa shape index (κ3) is 8.38. The highest BCUT2D eigenvalue weighted by Gasteiger charge is 2.46. The standard InChI is InChI=1S/C27H36F3N3O5S/c1-19-17-21(24(34)35)18-20(2)22(19)10-16-39(37,38)33-14-12-26(13-15-33)25(36)31-23(32-26)9-7-5-3-4-6-8-11-27(28,29)30/h10,16-18H,3-9,11-15H2,1-2H3,(H,34,35)(H,31,32,36)/b16-10+. The smallest absolute Gasteiger partial charge is 0.389 e. The number of carbonyl (C=O) groups excluding carboxylic acids is 1. The summed E-state index contributed by atoms with van der Waals surface area (Å²) in [7, 11) is -3.76. The number of alkyl halides is 3. The summed E-state index contributed by atoms with van der Waals surface area (Å²) in [4.78, 5) is 28.6. The molecule has 3 rings (SSSR count). The number of nitrogens with zero attached hydrogens (tertiary/aromatic N) is 2. The zero-order chi connectivity index (χ0) is 28.8. The molecular weight excluding hydrogens is 535 g/mol.